The topological polar surface area (TPSA) is 76.2 Å². The molecule has 1 aliphatic rings. The van der Waals surface area contributed by atoms with Gasteiger partial charge in [0.15, 0.2) is 0 Å². The summed E-state index contributed by atoms with van der Waals surface area (Å²) in [7, 11) is 0. The number of H-pyrrole nitrogens is 1. The molecule has 2 aromatic rings. The average molecular weight is 329 g/mol. The van der Waals surface area contributed by atoms with Crippen LogP contribution in [-0.2, 0) is 4.74 Å². The van der Waals surface area contributed by atoms with Crippen molar-refractivity contribution < 1.29 is 14.3 Å². The van der Waals surface area contributed by atoms with Gasteiger partial charge in [0.25, 0.3) is 0 Å². The van der Waals surface area contributed by atoms with E-state index in [1.54, 1.807) is 12.5 Å². The zero-order valence-corrected chi connectivity index (χ0v) is 14.3. The van der Waals surface area contributed by atoms with Crippen LogP contribution in [0.15, 0.2) is 30.7 Å². The Labute approximate surface area is 141 Å². The Morgan fingerprint density at radius 3 is 3.00 bits per heavy atom. The standard InChI is InChI=1S/C18H23N3O3/c1-18(2,3)24-17(22)20-9-12-7-8-23-16-13(12)5-4-6-14(16)15-10-19-11-21-15/h4-6,10-12H,7-9H2,1-3H3,(H,19,21)(H,20,22)/t12-/m0/s1. The minimum Gasteiger partial charge on any atom is -0.493 e. The lowest BCUT2D eigenvalue weighted by Crippen LogP contribution is -2.35. The van der Waals surface area contributed by atoms with Crippen LogP contribution in [0.2, 0.25) is 0 Å². The van der Waals surface area contributed by atoms with Crippen LogP contribution in [-0.4, -0.2) is 34.8 Å². The molecule has 0 radical (unpaired) electrons. The van der Waals surface area contributed by atoms with Crippen LogP contribution in [0, 0.1) is 0 Å². The van der Waals surface area contributed by atoms with Gasteiger partial charge >= 0.3 is 6.09 Å². The van der Waals surface area contributed by atoms with Crippen molar-refractivity contribution in [2.45, 2.75) is 38.7 Å². The molecule has 0 spiro atoms. The van der Waals surface area contributed by atoms with Gasteiger partial charge in [-0.3, -0.25) is 0 Å². The number of fused-ring (bicyclic) bond motifs is 1. The summed E-state index contributed by atoms with van der Waals surface area (Å²) in [5.41, 5.74) is 2.52. The average Bonchev–Trinajstić information content (AvgIpc) is 3.05. The third kappa shape index (κ3) is 3.69. The predicted octanol–water partition coefficient (Wildman–Crippen LogP) is 3.47. The highest BCUT2D eigenvalue weighted by Gasteiger charge is 2.25. The fourth-order valence-corrected chi connectivity index (χ4v) is 2.84. The molecule has 0 bridgehead atoms. The number of aromatic amines is 1. The Hall–Kier alpha value is -2.50. The molecule has 1 atom stereocenters. The molecule has 6 nitrogen and oxygen atoms in total. The van der Waals surface area contributed by atoms with Crippen LogP contribution in [0.3, 0.4) is 0 Å². The molecule has 0 fully saturated rings. The number of alkyl carbamates (subject to hydrolysis) is 1. The number of carbonyl (C=O) groups is 1. The SMILES string of the molecule is CC(C)(C)OC(=O)NC[C@@H]1CCOc2c(-c3cnc[nH]3)cccc21. The molecule has 2 heterocycles. The number of nitrogens with one attached hydrogen (secondary N) is 2. The van der Waals surface area contributed by atoms with Gasteiger partial charge in [-0.25, -0.2) is 9.78 Å². The maximum absolute atomic E-state index is 11.9. The molecule has 1 aliphatic heterocycles. The Morgan fingerprint density at radius 1 is 1.46 bits per heavy atom. The van der Waals surface area contributed by atoms with Crippen LogP contribution in [0.1, 0.15) is 38.7 Å². The van der Waals surface area contributed by atoms with E-state index in [2.05, 4.69) is 21.4 Å². The number of benzene rings is 1. The summed E-state index contributed by atoms with van der Waals surface area (Å²) in [5, 5.41) is 2.87. The largest absolute Gasteiger partial charge is 0.493 e. The van der Waals surface area contributed by atoms with Crippen molar-refractivity contribution in [3.63, 3.8) is 0 Å². The summed E-state index contributed by atoms with van der Waals surface area (Å²) < 4.78 is 11.2. The second-order valence-corrected chi connectivity index (χ2v) is 6.91. The van der Waals surface area contributed by atoms with E-state index in [0.29, 0.717) is 13.2 Å². The van der Waals surface area contributed by atoms with Crippen molar-refractivity contribution in [3.8, 4) is 17.0 Å². The lowest BCUT2D eigenvalue weighted by molar-refractivity contribution is 0.0521. The van der Waals surface area contributed by atoms with Gasteiger partial charge in [-0.1, -0.05) is 12.1 Å². The first-order chi connectivity index (χ1) is 11.4. The van der Waals surface area contributed by atoms with E-state index < -0.39 is 5.60 Å². The second kappa shape index (κ2) is 6.55. The highest BCUT2D eigenvalue weighted by molar-refractivity contribution is 5.70. The van der Waals surface area contributed by atoms with Crippen LogP contribution >= 0.6 is 0 Å². The van der Waals surface area contributed by atoms with Crippen LogP contribution < -0.4 is 10.1 Å². The Kier molecular flexibility index (Phi) is 4.46. The Bertz CT molecular complexity index is 705. The minimum absolute atomic E-state index is 0.198. The fraction of sp³-hybridized carbons (Fsp3) is 0.444. The van der Waals surface area contributed by atoms with Crippen molar-refractivity contribution in [2.75, 3.05) is 13.2 Å². The lowest BCUT2D eigenvalue weighted by atomic mass is 9.90. The maximum atomic E-state index is 11.9. The van der Waals surface area contributed by atoms with Gasteiger partial charge in [0.2, 0.25) is 0 Å². The highest BCUT2D eigenvalue weighted by atomic mass is 16.6. The van der Waals surface area contributed by atoms with Crippen molar-refractivity contribution in [2.24, 2.45) is 0 Å². The predicted molar refractivity (Wildman–Crippen MR) is 91.1 cm³/mol. The molecule has 0 aliphatic carbocycles. The number of ether oxygens (including phenoxy) is 2. The van der Waals surface area contributed by atoms with Crippen LogP contribution in [0.5, 0.6) is 5.75 Å². The normalized spacial score (nSPS) is 16.9. The summed E-state index contributed by atoms with van der Waals surface area (Å²) in [4.78, 5) is 19.1. The highest BCUT2D eigenvalue weighted by Crippen LogP contribution is 2.40. The maximum Gasteiger partial charge on any atom is 0.407 e. The molecule has 0 saturated heterocycles. The zero-order valence-electron chi connectivity index (χ0n) is 14.3. The van der Waals surface area contributed by atoms with Gasteiger partial charge in [0.1, 0.15) is 11.4 Å². The summed E-state index contributed by atoms with van der Waals surface area (Å²) in [6.07, 6.45) is 3.90. The Balaban J connectivity index is 1.75. The van der Waals surface area contributed by atoms with Gasteiger partial charge in [0.05, 0.1) is 24.8 Å². The van der Waals surface area contributed by atoms with Crippen molar-refractivity contribution in [1.82, 2.24) is 15.3 Å². The smallest absolute Gasteiger partial charge is 0.407 e. The van der Waals surface area contributed by atoms with Crippen LogP contribution in [0.25, 0.3) is 11.3 Å². The molecular formula is C18H23N3O3. The molecule has 0 unspecified atom stereocenters. The number of carbonyl (C=O) groups excluding carboxylic acids is 1. The van der Waals surface area contributed by atoms with E-state index in [-0.39, 0.29) is 12.0 Å². The molecule has 1 aromatic heterocycles. The van der Waals surface area contributed by atoms with Gasteiger partial charge in [-0.2, -0.15) is 0 Å². The molecule has 3 rings (SSSR count). The number of para-hydroxylation sites is 1. The number of amides is 1. The minimum atomic E-state index is -0.495. The van der Waals surface area contributed by atoms with E-state index in [0.717, 1.165) is 29.0 Å². The van der Waals surface area contributed by atoms with E-state index in [1.807, 2.05) is 32.9 Å². The van der Waals surface area contributed by atoms with Crippen molar-refractivity contribution >= 4 is 6.09 Å². The molecule has 6 heteroatoms. The van der Waals surface area contributed by atoms with Crippen LogP contribution in [0.4, 0.5) is 4.79 Å². The Morgan fingerprint density at radius 2 is 2.29 bits per heavy atom. The first-order valence-corrected chi connectivity index (χ1v) is 8.15. The van der Waals surface area contributed by atoms with E-state index in [1.165, 1.54) is 0 Å². The number of nitrogens with zero attached hydrogens (tertiary/aromatic N) is 1. The second-order valence-electron chi connectivity index (χ2n) is 6.91. The van der Waals surface area contributed by atoms with Crippen molar-refractivity contribution in [1.29, 1.82) is 0 Å². The van der Waals surface area contributed by atoms with E-state index in [4.69, 9.17) is 9.47 Å². The van der Waals surface area contributed by atoms with E-state index >= 15 is 0 Å². The molecule has 0 saturated carbocycles. The molecule has 24 heavy (non-hydrogen) atoms. The quantitative estimate of drug-likeness (QED) is 0.904. The molecule has 2 N–H and O–H groups in total. The number of imidazole rings is 1. The van der Waals surface area contributed by atoms with Gasteiger partial charge in [-0.15, -0.1) is 0 Å². The monoisotopic (exact) mass is 329 g/mol. The molecular weight excluding hydrogens is 306 g/mol. The summed E-state index contributed by atoms with van der Waals surface area (Å²) >= 11 is 0. The third-order valence-corrected chi connectivity index (χ3v) is 3.88. The molecule has 1 amide bonds. The number of aromatic nitrogens is 2. The lowest BCUT2D eigenvalue weighted by Gasteiger charge is -2.28. The number of hydrogen-bond acceptors (Lipinski definition) is 4. The molecule has 128 valence electrons. The number of hydrogen-bond donors (Lipinski definition) is 2. The van der Waals surface area contributed by atoms with E-state index in [9.17, 15) is 4.79 Å². The summed E-state index contributed by atoms with van der Waals surface area (Å²) in [6, 6.07) is 6.07. The fourth-order valence-electron chi connectivity index (χ4n) is 2.84. The first-order valence-electron chi connectivity index (χ1n) is 8.15. The van der Waals surface area contributed by atoms with Gasteiger partial charge < -0.3 is 19.8 Å². The van der Waals surface area contributed by atoms with Crippen molar-refractivity contribution in [3.05, 3.63) is 36.3 Å². The van der Waals surface area contributed by atoms with Gasteiger partial charge in [-0.05, 0) is 38.8 Å². The zero-order chi connectivity index (χ0) is 17.2. The molecule has 1 aromatic carbocycles. The summed E-state index contributed by atoms with van der Waals surface area (Å²) in [5.74, 6) is 1.06. The third-order valence-electron chi connectivity index (χ3n) is 3.88. The summed E-state index contributed by atoms with van der Waals surface area (Å²) in [6.45, 7) is 6.71. The van der Waals surface area contributed by atoms with Gasteiger partial charge in [0, 0.05) is 18.0 Å². The first kappa shape index (κ1) is 16.4. The number of rotatable bonds is 3.